The molecule has 3 heteroatoms. The van der Waals surface area contributed by atoms with Crippen molar-refractivity contribution in [1.82, 2.24) is 0 Å². The van der Waals surface area contributed by atoms with Gasteiger partial charge in [0, 0.05) is 16.6 Å². The number of benzene rings is 1. The van der Waals surface area contributed by atoms with Crippen molar-refractivity contribution >= 4 is 11.6 Å². The summed E-state index contributed by atoms with van der Waals surface area (Å²) in [6.07, 6.45) is 2.44. The highest BCUT2D eigenvalue weighted by Gasteiger charge is 2.31. The van der Waals surface area contributed by atoms with Crippen LogP contribution in [0.2, 0.25) is 5.02 Å². The monoisotopic (exact) mass is 225 g/mol. The molecule has 0 amide bonds. The number of hydrogen-bond acceptors (Lipinski definition) is 2. The molecule has 15 heavy (non-hydrogen) atoms. The molecule has 0 aliphatic heterocycles. The average Bonchev–Trinajstić information content (AvgIpc) is 3.04. The summed E-state index contributed by atoms with van der Waals surface area (Å²) in [6, 6.07) is 3.97. The van der Waals surface area contributed by atoms with E-state index in [2.05, 4.69) is 0 Å². The number of nitrogens with two attached hydrogens (primary N) is 1. The van der Waals surface area contributed by atoms with Crippen LogP contribution in [0.4, 0.5) is 0 Å². The summed E-state index contributed by atoms with van der Waals surface area (Å²) in [5, 5.41) is 0.766. The summed E-state index contributed by atoms with van der Waals surface area (Å²) >= 11 is 6.10. The fourth-order valence-corrected chi connectivity index (χ4v) is 1.99. The number of hydrogen-bond donors (Lipinski definition) is 1. The van der Waals surface area contributed by atoms with Crippen LogP contribution in [-0.2, 0) is 0 Å². The van der Waals surface area contributed by atoms with Crippen LogP contribution in [-0.4, -0.2) is 7.11 Å². The van der Waals surface area contributed by atoms with Gasteiger partial charge < -0.3 is 10.5 Å². The number of aryl methyl sites for hydroxylation is 1. The van der Waals surface area contributed by atoms with Crippen molar-refractivity contribution in [3.05, 3.63) is 28.3 Å². The molecule has 1 atom stereocenters. The second-order valence-electron chi connectivity index (χ2n) is 4.21. The summed E-state index contributed by atoms with van der Waals surface area (Å²) < 4.78 is 5.34. The largest absolute Gasteiger partial charge is 0.496 e. The summed E-state index contributed by atoms with van der Waals surface area (Å²) in [7, 11) is 1.67. The highest BCUT2D eigenvalue weighted by atomic mass is 35.5. The lowest BCUT2D eigenvalue weighted by atomic mass is 10.0. The smallest absolute Gasteiger partial charge is 0.124 e. The second kappa shape index (κ2) is 4.03. The molecule has 82 valence electrons. The first-order valence-corrected chi connectivity index (χ1v) is 5.61. The first-order chi connectivity index (χ1) is 7.13. The molecule has 1 aliphatic rings. The summed E-state index contributed by atoms with van der Waals surface area (Å²) in [4.78, 5) is 0. The lowest BCUT2D eigenvalue weighted by Crippen LogP contribution is -2.13. The molecular formula is C12H16ClNO. The lowest BCUT2D eigenvalue weighted by molar-refractivity contribution is 0.402. The van der Waals surface area contributed by atoms with Gasteiger partial charge in [-0.2, -0.15) is 0 Å². The maximum atomic E-state index is 6.16. The quantitative estimate of drug-likeness (QED) is 0.858. The zero-order valence-corrected chi connectivity index (χ0v) is 9.84. The Kier molecular flexibility index (Phi) is 2.89. The Morgan fingerprint density at radius 3 is 2.67 bits per heavy atom. The van der Waals surface area contributed by atoms with E-state index in [4.69, 9.17) is 22.1 Å². The van der Waals surface area contributed by atoms with Crippen molar-refractivity contribution in [2.75, 3.05) is 7.11 Å². The van der Waals surface area contributed by atoms with E-state index < -0.39 is 0 Å². The first-order valence-electron chi connectivity index (χ1n) is 5.23. The van der Waals surface area contributed by atoms with Gasteiger partial charge in [-0.05, 0) is 43.4 Å². The fourth-order valence-electron chi connectivity index (χ4n) is 1.82. The maximum Gasteiger partial charge on any atom is 0.124 e. The van der Waals surface area contributed by atoms with Gasteiger partial charge in [0.15, 0.2) is 0 Å². The molecule has 0 radical (unpaired) electrons. The van der Waals surface area contributed by atoms with Crippen LogP contribution in [0.5, 0.6) is 5.75 Å². The molecule has 0 heterocycles. The molecule has 2 nitrogen and oxygen atoms in total. The van der Waals surface area contributed by atoms with Crippen LogP contribution in [0, 0.1) is 12.8 Å². The molecule has 1 unspecified atom stereocenters. The van der Waals surface area contributed by atoms with Crippen molar-refractivity contribution in [2.45, 2.75) is 25.8 Å². The van der Waals surface area contributed by atoms with Crippen LogP contribution in [0.3, 0.4) is 0 Å². The van der Waals surface area contributed by atoms with E-state index in [0.29, 0.717) is 5.92 Å². The van der Waals surface area contributed by atoms with Crippen LogP contribution in [0.1, 0.15) is 30.0 Å². The molecule has 1 saturated carbocycles. The van der Waals surface area contributed by atoms with E-state index in [1.54, 1.807) is 7.11 Å². The van der Waals surface area contributed by atoms with Gasteiger partial charge in [0.05, 0.1) is 7.11 Å². The van der Waals surface area contributed by atoms with Gasteiger partial charge in [0.1, 0.15) is 5.75 Å². The van der Waals surface area contributed by atoms with Crippen molar-refractivity contribution in [2.24, 2.45) is 11.7 Å². The minimum absolute atomic E-state index is 0.0676. The van der Waals surface area contributed by atoms with E-state index in [1.165, 1.54) is 12.8 Å². The van der Waals surface area contributed by atoms with E-state index in [0.717, 1.165) is 21.9 Å². The van der Waals surface area contributed by atoms with Crippen molar-refractivity contribution in [3.63, 3.8) is 0 Å². The Balaban J connectivity index is 2.39. The Bertz CT molecular complexity index is 374. The summed E-state index contributed by atoms with van der Waals surface area (Å²) in [6.45, 7) is 1.97. The number of rotatable bonds is 3. The van der Waals surface area contributed by atoms with Crippen LogP contribution in [0.15, 0.2) is 12.1 Å². The van der Waals surface area contributed by atoms with Crippen LogP contribution < -0.4 is 10.5 Å². The minimum Gasteiger partial charge on any atom is -0.496 e. The average molecular weight is 226 g/mol. The summed E-state index contributed by atoms with van der Waals surface area (Å²) in [5.41, 5.74) is 8.22. The normalized spacial score (nSPS) is 17.6. The predicted molar refractivity (Wildman–Crippen MR) is 62.4 cm³/mol. The minimum atomic E-state index is 0.0676. The van der Waals surface area contributed by atoms with E-state index in [-0.39, 0.29) is 6.04 Å². The summed E-state index contributed by atoms with van der Waals surface area (Å²) in [5.74, 6) is 1.47. The third kappa shape index (κ3) is 2.11. The Labute approximate surface area is 95.4 Å². The third-order valence-electron chi connectivity index (χ3n) is 3.00. The first kappa shape index (κ1) is 10.8. The van der Waals surface area contributed by atoms with Gasteiger partial charge in [-0.3, -0.25) is 0 Å². The molecule has 2 N–H and O–H groups in total. The van der Waals surface area contributed by atoms with Gasteiger partial charge in [-0.1, -0.05) is 11.6 Å². The zero-order valence-electron chi connectivity index (χ0n) is 9.09. The fraction of sp³-hybridized carbons (Fsp3) is 0.500. The van der Waals surface area contributed by atoms with Crippen LogP contribution in [0.25, 0.3) is 0 Å². The Hall–Kier alpha value is -0.730. The molecule has 1 aliphatic carbocycles. The lowest BCUT2D eigenvalue weighted by Gasteiger charge is -2.16. The van der Waals surface area contributed by atoms with Crippen molar-refractivity contribution in [3.8, 4) is 5.75 Å². The standard InChI is InChI=1S/C12H16ClNO/c1-7-5-11(15-2)9(6-10(7)13)12(14)8-3-4-8/h5-6,8,12H,3-4,14H2,1-2H3. The maximum absolute atomic E-state index is 6.16. The molecule has 0 bridgehead atoms. The number of ether oxygens (including phenoxy) is 1. The van der Waals surface area contributed by atoms with Gasteiger partial charge in [-0.25, -0.2) is 0 Å². The topological polar surface area (TPSA) is 35.2 Å². The number of methoxy groups -OCH3 is 1. The van der Waals surface area contributed by atoms with E-state index >= 15 is 0 Å². The van der Waals surface area contributed by atoms with Gasteiger partial charge in [0.25, 0.3) is 0 Å². The molecule has 0 spiro atoms. The molecule has 0 saturated heterocycles. The molecule has 1 aromatic rings. The van der Waals surface area contributed by atoms with E-state index in [1.807, 2.05) is 19.1 Å². The van der Waals surface area contributed by atoms with Gasteiger partial charge >= 0.3 is 0 Å². The molecule has 1 aromatic carbocycles. The second-order valence-corrected chi connectivity index (χ2v) is 4.61. The molecular weight excluding hydrogens is 210 g/mol. The van der Waals surface area contributed by atoms with Gasteiger partial charge in [0.2, 0.25) is 0 Å². The number of halogens is 1. The molecule has 1 fully saturated rings. The van der Waals surface area contributed by atoms with Gasteiger partial charge in [-0.15, -0.1) is 0 Å². The predicted octanol–water partition coefficient (Wildman–Crippen LogP) is 3.07. The van der Waals surface area contributed by atoms with Crippen molar-refractivity contribution in [1.29, 1.82) is 0 Å². The third-order valence-corrected chi connectivity index (χ3v) is 3.41. The molecule has 0 aromatic heterocycles. The Morgan fingerprint density at radius 2 is 2.13 bits per heavy atom. The SMILES string of the molecule is COc1cc(C)c(Cl)cc1C(N)C1CC1. The molecule has 2 rings (SSSR count). The highest BCUT2D eigenvalue weighted by molar-refractivity contribution is 6.31. The van der Waals surface area contributed by atoms with Crippen molar-refractivity contribution < 1.29 is 4.74 Å². The van der Waals surface area contributed by atoms with Crippen LogP contribution >= 0.6 is 11.6 Å². The highest BCUT2D eigenvalue weighted by Crippen LogP contribution is 2.43. The Morgan fingerprint density at radius 1 is 1.47 bits per heavy atom. The zero-order chi connectivity index (χ0) is 11.0. The van der Waals surface area contributed by atoms with E-state index in [9.17, 15) is 0 Å².